The van der Waals surface area contributed by atoms with Gasteiger partial charge in [0.25, 0.3) is 0 Å². The molecule has 16 heavy (non-hydrogen) atoms. The average molecular weight is 203 g/mol. The van der Waals surface area contributed by atoms with Gasteiger partial charge in [-0.15, -0.1) is 0 Å². The molecule has 0 unspecified atom stereocenters. The maximum atomic E-state index is 6.05. The number of hydrogen-bond acceptors (Lipinski definition) is 0. The molecular weight excluding hydrogens is 193 g/mol. The fraction of sp³-hybridized carbons (Fsp3) is 0. The highest BCUT2D eigenvalue weighted by Crippen LogP contribution is 2.17. The quantitative estimate of drug-likeness (QED) is 0.535. The maximum absolute atomic E-state index is 6.05. The molecule has 2 heteroatoms. The summed E-state index contributed by atoms with van der Waals surface area (Å²) in [6.45, 7) is 0. The van der Waals surface area contributed by atoms with Crippen molar-refractivity contribution in [2.24, 2.45) is 0 Å². The van der Waals surface area contributed by atoms with Crippen LogP contribution in [0.15, 0.2) is 60.7 Å². The third kappa shape index (κ3) is 1.35. The van der Waals surface area contributed by atoms with E-state index in [9.17, 15) is 0 Å². The van der Waals surface area contributed by atoms with Gasteiger partial charge in [-0.25, -0.2) is 0 Å². The molecule has 0 saturated heterocycles. The Kier molecular flexibility index (Phi) is 2.07. The second-order valence-corrected chi connectivity index (χ2v) is 3.80. The summed E-state index contributed by atoms with van der Waals surface area (Å²) < 4.78 is 2.06. The van der Waals surface area contributed by atoms with Gasteiger partial charge in [-0.3, -0.25) is 0 Å². The zero-order chi connectivity index (χ0) is 11.0. The molecule has 0 aliphatic rings. The second kappa shape index (κ2) is 3.56. The number of fused-ring (bicyclic) bond motifs is 1. The highest BCUT2D eigenvalue weighted by atomic mass is 15.0. The van der Waals surface area contributed by atoms with Crippen molar-refractivity contribution in [1.29, 1.82) is 0 Å². The molecule has 3 rings (SSSR count). The molecule has 2 aromatic carbocycles. The lowest BCUT2D eigenvalue weighted by molar-refractivity contribution is 1.17. The molecule has 1 heterocycles. The topological polar surface area (TPSA) is 4.93 Å². The summed E-state index contributed by atoms with van der Waals surface area (Å²) in [5.74, 6) is 0. The molecule has 0 saturated carbocycles. The van der Waals surface area contributed by atoms with Gasteiger partial charge in [0.1, 0.15) is 7.85 Å². The molecular formula is C14H10BN. The number of para-hydroxylation sites is 2. The fourth-order valence-electron chi connectivity index (χ4n) is 2.04. The van der Waals surface area contributed by atoms with Gasteiger partial charge in [0, 0.05) is 5.69 Å². The first-order valence-electron chi connectivity index (χ1n) is 5.27. The number of rotatable bonds is 1. The molecule has 0 fully saturated rings. The van der Waals surface area contributed by atoms with Gasteiger partial charge in [0.2, 0.25) is 0 Å². The largest absolute Gasteiger partial charge is 0.324 e. The number of hydrogen-bond donors (Lipinski definition) is 0. The summed E-state index contributed by atoms with van der Waals surface area (Å²) in [7, 11) is 6.05. The van der Waals surface area contributed by atoms with Crippen LogP contribution >= 0.6 is 0 Å². The van der Waals surface area contributed by atoms with Gasteiger partial charge < -0.3 is 4.57 Å². The Morgan fingerprint density at radius 2 is 1.50 bits per heavy atom. The van der Waals surface area contributed by atoms with Crippen LogP contribution in [0.1, 0.15) is 0 Å². The molecule has 2 radical (unpaired) electrons. The molecule has 1 aromatic heterocycles. The molecule has 1 nitrogen and oxygen atoms in total. The second-order valence-electron chi connectivity index (χ2n) is 3.80. The fourth-order valence-corrected chi connectivity index (χ4v) is 2.04. The van der Waals surface area contributed by atoms with Crippen LogP contribution in [0.25, 0.3) is 16.6 Å². The summed E-state index contributed by atoms with van der Waals surface area (Å²) in [6.07, 6.45) is 0. The van der Waals surface area contributed by atoms with E-state index in [4.69, 9.17) is 7.85 Å². The lowest BCUT2D eigenvalue weighted by Gasteiger charge is -2.08. The molecule has 0 aliphatic carbocycles. The predicted molar refractivity (Wildman–Crippen MR) is 68.7 cm³/mol. The van der Waals surface area contributed by atoms with Gasteiger partial charge in [0.05, 0.1) is 5.52 Å². The minimum Gasteiger partial charge on any atom is -0.324 e. The minimum atomic E-state index is 0.771. The van der Waals surface area contributed by atoms with Crippen LogP contribution in [0.3, 0.4) is 0 Å². The summed E-state index contributed by atoms with van der Waals surface area (Å²) in [5, 5.41) is 1.17. The van der Waals surface area contributed by atoms with E-state index in [2.05, 4.69) is 28.8 Å². The van der Waals surface area contributed by atoms with Crippen molar-refractivity contribution in [3.8, 4) is 5.69 Å². The van der Waals surface area contributed by atoms with E-state index < -0.39 is 0 Å². The molecule has 0 bridgehead atoms. The third-order valence-corrected chi connectivity index (χ3v) is 2.75. The van der Waals surface area contributed by atoms with Crippen LogP contribution in [-0.2, 0) is 0 Å². The van der Waals surface area contributed by atoms with E-state index in [0.717, 1.165) is 16.8 Å². The highest BCUT2D eigenvalue weighted by molar-refractivity contribution is 6.33. The predicted octanol–water partition coefficient (Wildman–Crippen LogP) is 2.42. The number of aromatic nitrogens is 1. The first kappa shape index (κ1) is 9.28. The SMILES string of the molecule is [B]c1cc2ccccc2n1-c1ccccc1. The zero-order valence-corrected chi connectivity index (χ0v) is 8.80. The van der Waals surface area contributed by atoms with Gasteiger partial charge in [-0.2, -0.15) is 0 Å². The van der Waals surface area contributed by atoms with Gasteiger partial charge in [-0.05, 0) is 35.2 Å². The standard InChI is InChI=1S/C14H10BN/c15-14-10-11-6-4-5-9-13(11)16(14)12-7-2-1-3-8-12/h1-10H. The van der Waals surface area contributed by atoms with Gasteiger partial charge in [-0.1, -0.05) is 36.4 Å². The Hall–Kier alpha value is -1.96. The van der Waals surface area contributed by atoms with E-state index >= 15 is 0 Å². The van der Waals surface area contributed by atoms with Crippen molar-refractivity contribution in [1.82, 2.24) is 4.57 Å². The monoisotopic (exact) mass is 203 g/mol. The Labute approximate surface area is 95.7 Å². The van der Waals surface area contributed by atoms with Crippen LogP contribution in [-0.4, -0.2) is 12.4 Å². The number of nitrogens with zero attached hydrogens (tertiary/aromatic N) is 1. The molecule has 74 valence electrons. The lowest BCUT2D eigenvalue weighted by Crippen LogP contribution is -2.14. The van der Waals surface area contributed by atoms with Crippen molar-refractivity contribution in [2.75, 3.05) is 0 Å². The maximum Gasteiger partial charge on any atom is 0.139 e. The first-order valence-corrected chi connectivity index (χ1v) is 5.27. The Bertz CT molecular complexity index is 626. The van der Waals surface area contributed by atoms with Crippen molar-refractivity contribution in [3.63, 3.8) is 0 Å². The van der Waals surface area contributed by atoms with Crippen molar-refractivity contribution >= 4 is 24.3 Å². The first-order chi connectivity index (χ1) is 7.86. The van der Waals surface area contributed by atoms with Crippen LogP contribution in [0.5, 0.6) is 0 Å². The van der Waals surface area contributed by atoms with E-state index in [-0.39, 0.29) is 0 Å². The smallest absolute Gasteiger partial charge is 0.139 e. The van der Waals surface area contributed by atoms with Crippen LogP contribution in [0, 0.1) is 0 Å². The molecule has 0 spiro atoms. The van der Waals surface area contributed by atoms with E-state index in [1.54, 1.807) is 0 Å². The van der Waals surface area contributed by atoms with Crippen molar-refractivity contribution < 1.29 is 0 Å². The van der Waals surface area contributed by atoms with E-state index in [0.29, 0.717) is 0 Å². The van der Waals surface area contributed by atoms with Crippen LogP contribution in [0.4, 0.5) is 0 Å². The Balaban J connectivity index is 2.35. The van der Waals surface area contributed by atoms with Gasteiger partial charge >= 0.3 is 0 Å². The van der Waals surface area contributed by atoms with E-state index in [1.807, 2.05) is 36.4 Å². The highest BCUT2D eigenvalue weighted by Gasteiger charge is 2.05. The molecule has 0 atom stereocenters. The Morgan fingerprint density at radius 3 is 2.31 bits per heavy atom. The molecule has 0 N–H and O–H groups in total. The molecule has 3 aromatic rings. The van der Waals surface area contributed by atoms with Crippen LogP contribution in [0.2, 0.25) is 0 Å². The summed E-state index contributed by atoms with van der Waals surface area (Å²) in [6, 6.07) is 20.4. The van der Waals surface area contributed by atoms with Crippen molar-refractivity contribution in [2.45, 2.75) is 0 Å². The third-order valence-electron chi connectivity index (χ3n) is 2.75. The zero-order valence-electron chi connectivity index (χ0n) is 8.80. The van der Waals surface area contributed by atoms with E-state index in [1.165, 1.54) is 5.39 Å². The average Bonchev–Trinajstić information content (AvgIpc) is 2.66. The van der Waals surface area contributed by atoms with Gasteiger partial charge in [0.15, 0.2) is 0 Å². The Morgan fingerprint density at radius 1 is 0.812 bits per heavy atom. The lowest BCUT2D eigenvalue weighted by atomic mass is 10.0. The summed E-state index contributed by atoms with van der Waals surface area (Å²) >= 11 is 0. The number of benzene rings is 2. The minimum absolute atomic E-state index is 0.771. The summed E-state index contributed by atoms with van der Waals surface area (Å²) in [5.41, 5.74) is 3.01. The van der Waals surface area contributed by atoms with Crippen molar-refractivity contribution in [3.05, 3.63) is 60.7 Å². The molecule has 0 amide bonds. The van der Waals surface area contributed by atoms with Crippen LogP contribution < -0.4 is 5.59 Å². The molecule has 0 aliphatic heterocycles. The summed E-state index contributed by atoms with van der Waals surface area (Å²) in [4.78, 5) is 0. The normalized spacial score (nSPS) is 10.8.